The van der Waals surface area contributed by atoms with Crippen molar-refractivity contribution in [2.24, 2.45) is 0 Å². The summed E-state index contributed by atoms with van der Waals surface area (Å²) < 4.78 is 5.31. The van der Waals surface area contributed by atoms with E-state index in [1.165, 1.54) is 0 Å². The molecule has 0 fully saturated rings. The summed E-state index contributed by atoms with van der Waals surface area (Å²) in [6.45, 7) is 1.78. The first-order valence-electron chi connectivity index (χ1n) is 10.7. The molecular weight excluding hydrogens is 475 g/mol. The van der Waals surface area contributed by atoms with E-state index in [9.17, 15) is 14.7 Å². The Morgan fingerprint density at radius 1 is 0.912 bits per heavy atom. The molecule has 0 saturated heterocycles. The maximum absolute atomic E-state index is 13.2. The molecule has 1 N–H and O–H groups in total. The fourth-order valence-corrected chi connectivity index (χ4v) is 4.27. The first-order valence-corrected chi connectivity index (χ1v) is 11.4. The van der Waals surface area contributed by atoms with Gasteiger partial charge in [0, 0.05) is 21.4 Å². The SMILES string of the molecule is CCOC(=O)C1=C(C(=O)O)CN(c2ccc(Cl)cc2)C(c2ccccc2)N1c1ccc(Cl)cc1. The molecular formula is C26H22Cl2N2O4. The van der Waals surface area contributed by atoms with Crippen LogP contribution in [-0.2, 0) is 14.3 Å². The minimum atomic E-state index is -1.20. The molecule has 34 heavy (non-hydrogen) atoms. The van der Waals surface area contributed by atoms with E-state index in [4.69, 9.17) is 27.9 Å². The van der Waals surface area contributed by atoms with Gasteiger partial charge in [0.2, 0.25) is 0 Å². The predicted molar refractivity (Wildman–Crippen MR) is 133 cm³/mol. The van der Waals surface area contributed by atoms with Crippen molar-refractivity contribution >= 4 is 46.5 Å². The Hall–Kier alpha value is -3.48. The number of nitrogens with zero attached hydrogens (tertiary/aromatic N) is 2. The van der Waals surface area contributed by atoms with Gasteiger partial charge >= 0.3 is 11.9 Å². The van der Waals surface area contributed by atoms with Gasteiger partial charge in [-0.1, -0.05) is 53.5 Å². The summed E-state index contributed by atoms with van der Waals surface area (Å²) in [4.78, 5) is 29.2. The molecule has 0 aromatic heterocycles. The Labute approximate surface area is 207 Å². The van der Waals surface area contributed by atoms with Crippen LogP contribution >= 0.6 is 23.2 Å². The molecule has 1 aliphatic rings. The Morgan fingerprint density at radius 2 is 1.47 bits per heavy atom. The Balaban J connectivity index is 2.01. The molecule has 0 amide bonds. The van der Waals surface area contributed by atoms with Gasteiger partial charge in [0.25, 0.3) is 0 Å². The zero-order valence-electron chi connectivity index (χ0n) is 18.3. The Morgan fingerprint density at radius 3 is 2.00 bits per heavy atom. The first-order chi connectivity index (χ1) is 16.4. The van der Waals surface area contributed by atoms with Crippen molar-refractivity contribution in [1.82, 2.24) is 0 Å². The van der Waals surface area contributed by atoms with E-state index in [0.29, 0.717) is 15.7 Å². The van der Waals surface area contributed by atoms with Gasteiger partial charge in [0.1, 0.15) is 11.9 Å². The minimum Gasteiger partial charge on any atom is -0.478 e. The average Bonchev–Trinajstić information content (AvgIpc) is 2.84. The molecule has 1 atom stereocenters. The van der Waals surface area contributed by atoms with Crippen molar-refractivity contribution < 1.29 is 19.4 Å². The number of carbonyl (C=O) groups is 2. The standard InChI is InChI=1S/C26H22Cl2N2O4/c1-2-34-26(33)23-22(25(31)32)16-29(20-12-8-18(27)9-13-20)24(17-6-4-3-5-7-17)30(23)21-14-10-19(28)11-15-21/h3-15,24H,2,16H2,1H3,(H,31,32). The smallest absolute Gasteiger partial charge is 0.355 e. The average molecular weight is 497 g/mol. The van der Waals surface area contributed by atoms with E-state index in [0.717, 1.165) is 11.3 Å². The lowest BCUT2D eigenvalue weighted by molar-refractivity contribution is -0.140. The largest absolute Gasteiger partial charge is 0.478 e. The number of carboxylic acid groups (broad SMARTS) is 1. The van der Waals surface area contributed by atoms with E-state index in [1.807, 2.05) is 47.4 Å². The van der Waals surface area contributed by atoms with Crippen LogP contribution in [0.15, 0.2) is 90.1 Å². The highest BCUT2D eigenvalue weighted by molar-refractivity contribution is 6.31. The molecule has 3 aromatic rings. The highest BCUT2D eigenvalue weighted by atomic mass is 35.5. The minimum absolute atomic E-state index is 0.0178. The van der Waals surface area contributed by atoms with Gasteiger partial charge in [-0.3, -0.25) is 0 Å². The fourth-order valence-electron chi connectivity index (χ4n) is 4.02. The Kier molecular flexibility index (Phi) is 7.10. The zero-order valence-corrected chi connectivity index (χ0v) is 19.8. The highest BCUT2D eigenvalue weighted by Gasteiger charge is 2.42. The number of carboxylic acids is 1. The van der Waals surface area contributed by atoms with E-state index in [-0.39, 0.29) is 24.4 Å². The summed E-state index contributed by atoms with van der Waals surface area (Å²) >= 11 is 12.2. The van der Waals surface area contributed by atoms with Crippen LogP contribution in [0, 0.1) is 0 Å². The number of hydrogen-bond donors (Lipinski definition) is 1. The summed E-state index contributed by atoms with van der Waals surface area (Å²) in [5, 5.41) is 11.2. The summed E-state index contributed by atoms with van der Waals surface area (Å²) in [5.41, 5.74) is 2.11. The topological polar surface area (TPSA) is 70.1 Å². The van der Waals surface area contributed by atoms with E-state index in [2.05, 4.69) is 0 Å². The molecule has 0 spiro atoms. The van der Waals surface area contributed by atoms with Crippen LogP contribution in [0.3, 0.4) is 0 Å². The maximum Gasteiger partial charge on any atom is 0.355 e. The monoisotopic (exact) mass is 496 g/mol. The summed E-state index contributed by atoms with van der Waals surface area (Å²) in [6, 6.07) is 23.6. The lowest BCUT2D eigenvalue weighted by Gasteiger charge is -2.46. The van der Waals surface area contributed by atoms with Crippen LogP contribution in [0.1, 0.15) is 18.7 Å². The van der Waals surface area contributed by atoms with Crippen LogP contribution in [0.4, 0.5) is 11.4 Å². The normalized spacial score (nSPS) is 15.9. The van der Waals surface area contributed by atoms with E-state index < -0.39 is 18.1 Å². The molecule has 0 saturated carbocycles. The van der Waals surface area contributed by atoms with Gasteiger partial charge in [-0.25, -0.2) is 9.59 Å². The summed E-state index contributed by atoms with van der Waals surface area (Å²) in [7, 11) is 0. The number of halogens is 2. The number of carbonyl (C=O) groups excluding carboxylic acids is 1. The van der Waals surface area contributed by atoms with Crippen LogP contribution in [-0.4, -0.2) is 30.2 Å². The maximum atomic E-state index is 13.2. The van der Waals surface area contributed by atoms with Gasteiger partial charge in [-0.05, 0) is 61.0 Å². The molecule has 1 unspecified atom stereocenters. The molecule has 3 aromatic carbocycles. The molecule has 6 nitrogen and oxygen atoms in total. The van der Waals surface area contributed by atoms with Crippen molar-refractivity contribution in [2.75, 3.05) is 23.0 Å². The molecule has 1 heterocycles. The van der Waals surface area contributed by atoms with Crippen LogP contribution in [0.5, 0.6) is 0 Å². The molecule has 8 heteroatoms. The lowest BCUT2D eigenvalue weighted by atomic mass is 9.99. The second-order valence-electron chi connectivity index (χ2n) is 7.59. The van der Waals surface area contributed by atoms with Gasteiger partial charge in [0.05, 0.1) is 18.7 Å². The van der Waals surface area contributed by atoms with Crippen LogP contribution in [0.2, 0.25) is 10.0 Å². The van der Waals surface area contributed by atoms with Crippen molar-refractivity contribution in [1.29, 1.82) is 0 Å². The number of anilines is 2. The summed E-state index contributed by atoms with van der Waals surface area (Å²) in [5.74, 6) is -1.90. The number of ether oxygens (including phenoxy) is 1. The number of aliphatic carboxylic acids is 1. The molecule has 0 aliphatic carbocycles. The van der Waals surface area contributed by atoms with Gasteiger partial charge < -0.3 is 19.6 Å². The Bertz CT molecular complexity index is 1210. The predicted octanol–water partition coefficient (Wildman–Crippen LogP) is 5.92. The second kappa shape index (κ2) is 10.2. The van der Waals surface area contributed by atoms with Gasteiger partial charge in [-0.2, -0.15) is 0 Å². The molecule has 0 radical (unpaired) electrons. The second-order valence-corrected chi connectivity index (χ2v) is 8.46. The molecule has 174 valence electrons. The molecule has 4 rings (SSSR count). The number of rotatable bonds is 6. The van der Waals surface area contributed by atoms with Gasteiger partial charge in [-0.15, -0.1) is 0 Å². The third-order valence-corrected chi connectivity index (χ3v) is 5.99. The van der Waals surface area contributed by atoms with E-state index in [1.54, 1.807) is 48.2 Å². The first kappa shape index (κ1) is 23.7. The third-order valence-electron chi connectivity index (χ3n) is 5.48. The number of esters is 1. The summed E-state index contributed by atoms with van der Waals surface area (Å²) in [6.07, 6.45) is -0.550. The van der Waals surface area contributed by atoms with Crippen molar-refractivity contribution in [2.45, 2.75) is 13.1 Å². The fraction of sp³-hybridized carbons (Fsp3) is 0.154. The molecule has 1 aliphatic heterocycles. The van der Waals surface area contributed by atoms with Crippen molar-refractivity contribution in [3.63, 3.8) is 0 Å². The zero-order chi connectivity index (χ0) is 24.2. The van der Waals surface area contributed by atoms with Crippen LogP contribution in [0.25, 0.3) is 0 Å². The highest BCUT2D eigenvalue weighted by Crippen LogP contribution is 2.42. The van der Waals surface area contributed by atoms with Crippen molar-refractivity contribution in [3.8, 4) is 0 Å². The quantitative estimate of drug-likeness (QED) is 0.427. The van der Waals surface area contributed by atoms with Gasteiger partial charge in [0.15, 0.2) is 0 Å². The number of benzene rings is 3. The third kappa shape index (κ3) is 4.74. The lowest BCUT2D eigenvalue weighted by Crippen LogP contribution is -2.50. The van der Waals surface area contributed by atoms with Crippen molar-refractivity contribution in [3.05, 3.63) is 106 Å². The van der Waals surface area contributed by atoms with Crippen LogP contribution < -0.4 is 9.80 Å². The van der Waals surface area contributed by atoms with E-state index >= 15 is 0 Å². The molecule has 0 bridgehead atoms. The number of hydrogen-bond acceptors (Lipinski definition) is 5.